The lowest BCUT2D eigenvalue weighted by Gasteiger charge is -2.16. The highest BCUT2D eigenvalue weighted by Gasteiger charge is 2.25. The molecule has 0 aromatic heterocycles. The average molecular weight is 350 g/mol. The fraction of sp³-hybridized carbons (Fsp3) is 0.188. The second kappa shape index (κ2) is 5.85. The Morgan fingerprint density at radius 2 is 2.05 bits per heavy atom. The number of nitrogens with one attached hydrogen (secondary N) is 1. The van der Waals surface area contributed by atoms with E-state index in [0.29, 0.717) is 16.6 Å². The summed E-state index contributed by atoms with van der Waals surface area (Å²) in [5, 5.41) is 2.85. The molecule has 1 aliphatic rings. The van der Waals surface area contributed by atoms with Crippen molar-refractivity contribution in [3.8, 4) is 5.75 Å². The molecule has 0 aliphatic carbocycles. The van der Waals surface area contributed by atoms with Crippen molar-refractivity contribution < 1.29 is 13.9 Å². The SMILES string of the molecule is O=C1Nc2ccccc2CCC1Oc1cc(F)cc(Br)c1. The molecule has 1 unspecified atom stereocenters. The van der Waals surface area contributed by atoms with E-state index < -0.39 is 11.9 Å². The maximum atomic E-state index is 13.4. The van der Waals surface area contributed by atoms with Gasteiger partial charge in [-0.15, -0.1) is 0 Å². The number of fused-ring (bicyclic) bond motifs is 1. The fourth-order valence-corrected chi connectivity index (χ4v) is 2.81. The van der Waals surface area contributed by atoms with Crippen molar-refractivity contribution in [1.82, 2.24) is 0 Å². The molecule has 0 radical (unpaired) electrons. The summed E-state index contributed by atoms with van der Waals surface area (Å²) in [4.78, 5) is 12.2. The predicted octanol–water partition coefficient (Wildman–Crippen LogP) is 3.92. The van der Waals surface area contributed by atoms with Gasteiger partial charge in [0.15, 0.2) is 6.10 Å². The number of halogens is 2. The van der Waals surface area contributed by atoms with Gasteiger partial charge in [-0.1, -0.05) is 34.1 Å². The van der Waals surface area contributed by atoms with E-state index in [-0.39, 0.29) is 5.91 Å². The molecule has 21 heavy (non-hydrogen) atoms. The summed E-state index contributed by atoms with van der Waals surface area (Å²) in [5.41, 5.74) is 1.89. The molecule has 108 valence electrons. The van der Waals surface area contributed by atoms with E-state index in [4.69, 9.17) is 4.74 Å². The van der Waals surface area contributed by atoms with Crippen LogP contribution in [0.25, 0.3) is 0 Å². The van der Waals surface area contributed by atoms with Crippen molar-refractivity contribution in [2.75, 3.05) is 5.32 Å². The Kier molecular flexibility index (Phi) is 3.92. The van der Waals surface area contributed by atoms with E-state index in [9.17, 15) is 9.18 Å². The second-order valence-electron chi connectivity index (χ2n) is 4.90. The highest BCUT2D eigenvalue weighted by atomic mass is 79.9. The topological polar surface area (TPSA) is 38.3 Å². The molecule has 1 aliphatic heterocycles. The molecule has 3 rings (SSSR count). The smallest absolute Gasteiger partial charge is 0.265 e. The largest absolute Gasteiger partial charge is 0.480 e. The number of para-hydroxylation sites is 1. The number of carbonyl (C=O) groups excluding carboxylic acids is 1. The average Bonchev–Trinajstić information content (AvgIpc) is 2.58. The fourth-order valence-electron chi connectivity index (χ4n) is 2.36. The van der Waals surface area contributed by atoms with Gasteiger partial charge in [-0.05, 0) is 36.6 Å². The molecule has 1 heterocycles. The number of aryl methyl sites for hydroxylation is 1. The van der Waals surface area contributed by atoms with Crippen LogP contribution < -0.4 is 10.1 Å². The van der Waals surface area contributed by atoms with Crippen LogP contribution in [0.2, 0.25) is 0 Å². The lowest BCUT2D eigenvalue weighted by molar-refractivity contribution is -0.122. The van der Waals surface area contributed by atoms with Gasteiger partial charge in [-0.2, -0.15) is 0 Å². The van der Waals surface area contributed by atoms with E-state index in [0.717, 1.165) is 17.7 Å². The summed E-state index contributed by atoms with van der Waals surface area (Å²) in [6, 6.07) is 11.9. The standard InChI is InChI=1S/C16H13BrFNO2/c17-11-7-12(18)9-13(8-11)21-15-6-5-10-3-1-2-4-14(10)19-16(15)20/h1-4,7-9,15H,5-6H2,(H,19,20). The van der Waals surface area contributed by atoms with Gasteiger partial charge in [0.25, 0.3) is 5.91 Å². The highest BCUT2D eigenvalue weighted by Crippen LogP contribution is 2.26. The van der Waals surface area contributed by atoms with Crippen molar-refractivity contribution in [1.29, 1.82) is 0 Å². The first kappa shape index (κ1) is 14.1. The Morgan fingerprint density at radius 1 is 1.24 bits per heavy atom. The molecule has 5 heteroatoms. The molecule has 3 nitrogen and oxygen atoms in total. The zero-order chi connectivity index (χ0) is 14.8. The van der Waals surface area contributed by atoms with Crippen LogP contribution in [0.5, 0.6) is 5.75 Å². The molecular formula is C16H13BrFNO2. The number of rotatable bonds is 2. The Morgan fingerprint density at radius 3 is 2.86 bits per heavy atom. The lowest BCUT2D eigenvalue weighted by Crippen LogP contribution is -2.31. The molecule has 0 bridgehead atoms. The monoisotopic (exact) mass is 349 g/mol. The zero-order valence-corrected chi connectivity index (χ0v) is 12.7. The van der Waals surface area contributed by atoms with E-state index in [1.165, 1.54) is 12.1 Å². The van der Waals surface area contributed by atoms with Gasteiger partial charge in [0.1, 0.15) is 11.6 Å². The van der Waals surface area contributed by atoms with E-state index in [1.807, 2.05) is 24.3 Å². The van der Waals surface area contributed by atoms with Gasteiger partial charge < -0.3 is 10.1 Å². The van der Waals surface area contributed by atoms with Crippen LogP contribution in [0.1, 0.15) is 12.0 Å². The highest BCUT2D eigenvalue weighted by molar-refractivity contribution is 9.10. The number of anilines is 1. The third-order valence-corrected chi connectivity index (χ3v) is 3.82. The first-order valence-corrected chi connectivity index (χ1v) is 7.42. The third-order valence-electron chi connectivity index (χ3n) is 3.36. The van der Waals surface area contributed by atoms with Crippen molar-refractivity contribution in [3.05, 3.63) is 58.3 Å². The van der Waals surface area contributed by atoms with Crippen LogP contribution in [-0.2, 0) is 11.2 Å². The Balaban J connectivity index is 1.79. The first-order chi connectivity index (χ1) is 10.1. The summed E-state index contributed by atoms with van der Waals surface area (Å²) in [6.07, 6.45) is 0.652. The zero-order valence-electron chi connectivity index (χ0n) is 11.1. The van der Waals surface area contributed by atoms with Crippen molar-refractivity contribution in [2.24, 2.45) is 0 Å². The van der Waals surface area contributed by atoms with Gasteiger partial charge in [0.2, 0.25) is 0 Å². The van der Waals surface area contributed by atoms with E-state index in [1.54, 1.807) is 6.07 Å². The minimum atomic E-state index is -0.633. The number of ether oxygens (including phenoxy) is 1. The van der Waals surface area contributed by atoms with Crippen molar-refractivity contribution >= 4 is 27.5 Å². The minimum Gasteiger partial charge on any atom is -0.480 e. The van der Waals surface area contributed by atoms with E-state index in [2.05, 4.69) is 21.2 Å². The van der Waals surface area contributed by atoms with E-state index >= 15 is 0 Å². The number of benzene rings is 2. The Labute approximate surface area is 130 Å². The molecule has 1 atom stereocenters. The van der Waals surface area contributed by atoms with Gasteiger partial charge >= 0.3 is 0 Å². The quantitative estimate of drug-likeness (QED) is 0.892. The van der Waals surface area contributed by atoms with Crippen LogP contribution in [0.15, 0.2) is 46.9 Å². The summed E-state index contributed by atoms with van der Waals surface area (Å²) < 4.78 is 19.6. The lowest BCUT2D eigenvalue weighted by atomic mass is 10.1. The summed E-state index contributed by atoms with van der Waals surface area (Å²) >= 11 is 3.21. The second-order valence-corrected chi connectivity index (χ2v) is 5.81. The Hall–Kier alpha value is -1.88. The van der Waals surface area contributed by atoms with Crippen LogP contribution >= 0.6 is 15.9 Å². The molecule has 0 spiro atoms. The molecule has 2 aromatic carbocycles. The molecule has 1 amide bonds. The predicted molar refractivity (Wildman–Crippen MR) is 81.9 cm³/mol. The van der Waals surface area contributed by atoms with Gasteiger partial charge in [0.05, 0.1) is 0 Å². The number of amides is 1. The molecule has 1 N–H and O–H groups in total. The normalized spacial score (nSPS) is 17.6. The number of carbonyl (C=O) groups is 1. The van der Waals surface area contributed by atoms with Crippen molar-refractivity contribution in [3.63, 3.8) is 0 Å². The summed E-state index contributed by atoms with van der Waals surface area (Å²) in [6.45, 7) is 0. The van der Waals surface area contributed by atoms with Gasteiger partial charge in [-0.25, -0.2) is 4.39 Å². The maximum absolute atomic E-state index is 13.4. The first-order valence-electron chi connectivity index (χ1n) is 6.63. The Bertz CT molecular complexity index is 669. The van der Waals surface area contributed by atoms with Crippen LogP contribution in [0, 0.1) is 5.82 Å². The molecule has 0 fully saturated rings. The van der Waals surface area contributed by atoms with Crippen LogP contribution in [-0.4, -0.2) is 12.0 Å². The maximum Gasteiger partial charge on any atom is 0.265 e. The molecule has 0 saturated heterocycles. The van der Waals surface area contributed by atoms with Crippen LogP contribution in [0.4, 0.5) is 10.1 Å². The van der Waals surface area contributed by atoms with Crippen LogP contribution in [0.3, 0.4) is 0 Å². The summed E-state index contributed by atoms with van der Waals surface area (Å²) in [7, 11) is 0. The minimum absolute atomic E-state index is 0.208. The molecular weight excluding hydrogens is 337 g/mol. The number of hydrogen-bond donors (Lipinski definition) is 1. The van der Waals surface area contributed by atoms with Gasteiger partial charge in [-0.3, -0.25) is 4.79 Å². The molecule has 2 aromatic rings. The third kappa shape index (κ3) is 3.24. The molecule has 0 saturated carbocycles. The number of hydrogen-bond acceptors (Lipinski definition) is 2. The van der Waals surface area contributed by atoms with Gasteiger partial charge in [0, 0.05) is 16.2 Å². The van der Waals surface area contributed by atoms with Crippen molar-refractivity contribution in [2.45, 2.75) is 18.9 Å². The summed E-state index contributed by atoms with van der Waals surface area (Å²) in [5.74, 6) is -0.273.